The summed E-state index contributed by atoms with van der Waals surface area (Å²) in [5.74, 6) is 1.95. The zero-order valence-corrected chi connectivity index (χ0v) is 13.3. The molecule has 0 aliphatic carbocycles. The number of hydrogen-bond acceptors (Lipinski definition) is 6. The van der Waals surface area contributed by atoms with Crippen molar-refractivity contribution in [2.24, 2.45) is 18.9 Å². The van der Waals surface area contributed by atoms with E-state index in [1.165, 1.54) is 0 Å². The maximum Gasteiger partial charge on any atom is 0.276 e. The first kappa shape index (κ1) is 14.1. The van der Waals surface area contributed by atoms with E-state index in [2.05, 4.69) is 25.2 Å². The molecule has 0 radical (unpaired) electrons. The van der Waals surface area contributed by atoms with E-state index in [9.17, 15) is 4.79 Å². The lowest BCUT2D eigenvalue weighted by molar-refractivity contribution is 0.0776. The number of likely N-dealkylation sites (tertiary alicyclic amines) is 1. The Morgan fingerprint density at radius 1 is 1.17 bits per heavy atom. The second-order valence-corrected chi connectivity index (χ2v) is 6.43. The summed E-state index contributed by atoms with van der Waals surface area (Å²) in [6.45, 7) is 5.40. The molecule has 2 saturated heterocycles. The molecule has 4 rings (SSSR count). The zero-order chi connectivity index (χ0) is 16.0. The van der Waals surface area contributed by atoms with E-state index < -0.39 is 0 Å². The minimum absolute atomic E-state index is 0.0167. The molecular formula is C15H19N7O. The van der Waals surface area contributed by atoms with Crippen LogP contribution >= 0.6 is 0 Å². The number of carbonyl (C=O) groups is 1. The van der Waals surface area contributed by atoms with Gasteiger partial charge in [-0.25, -0.2) is 9.97 Å². The number of fused-ring (bicyclic) bond motifs is 1. The summed E-state index contributed by atoms with van der Waals surface area (Å²) in [5.41, 5.74) is 1.40. The van der Waals surface area contributed by atoms with Crippen molar-refractivity contribution in [2.75, 3.05) is 31.1 Å². The molecule has 0 N–H and O–H groups in total. The molecule has 0 aromatic carbocycles. The van der Waals surface area contributed by atoms with Crippen molar-refractivity contribution >= 4 is 11.7 Å². The highest BCUT2D eigenvalue weighted by molar-refractivity contribution is 5.92. The maximum atomic E-state index is 12.5. The number of hydrogen-bond donors (Lipinski definition) is 0. The average molecular weight is 313 g/mol. The summed E-state index contributed by atoms with van der Waals surface area (Å²) in [6, 6.07) is 2.02. The molecule has 0 saturated carbocycles. The summed E-state index contributed by atoms with van der Waals surface area (Å²) in [6.07, 6.45) is 3.29. The smallest absolute Gasteiger partial charge is 0.276 e. The number of carbonyl (C=O) groups excluding carboxylic acids is 1. The van der Waals surface area contributed by atoms with E-state index in [1.54, 1.807) is 24.3 Å². The number of aryl methyl sites for hydroxylation is 2. The van der Waals surface area contributed by atoms with Crippen LogP contribution in [0.5, 0.6) is 0 Å². The molecule has 1 amide bonds. The SMILES string of the molecule is Cc1cc(N2CC3CN(C(=O)c4cn(C)nn4)CC3C2)ncn1. The van der Waals surface area contributed by atoms with Crippen LogP contribution in [0.4, 0.5) is 5.82 Å². The van der Waals surface area contributed by atoms with Gasteiger partial charge in [-0.3, -0.25) is 9.48 Å². The number of aromatic nitrogens is 5. The molecule has 120 valence electrons. The lowest BCUT2D eigenvalue weighted by Crippen LogP contribution is -2.33. The van der Waals surface area contributed by atoms with Gasteiger partial charge in [-0.05, 0) is 6.92 Å². The Bertz CT molecular complexity index is 729. The topological polar surface area (TPSA) is 80.0 Å². The van der Waals surface area contributed by atoms with Gasteiger partial charge in [-0.1, -0.05) is 5.21 Å². The molecule has 4 heterocycles. The summed E-state index contributed by atoms with van der Waals surface area (Å²) in [5, 5.41) is 7.76. The van der Waals surface area contributed by atoms with Crippen molar-refractivity contribution in [3.05, 3.63) is 30.0 Å². The second kappa shape index (κ2) is 5.29. The monoisotopic (exact) mass is 313 g/mol. The lowest BCUT2D eigenvalue weighted by atomic mass is 10.0. The fourth-order valence-corrected chi connectivity index (χ4v) is 3.57. The Hall–Kier alpha value is -2.51. The summed E-state index contributed by atoms with van der Waals surface area (Å²) in [7, 11) is 1.77. The minimum atomic E-state index is -0.0167. The molecule has 0 spiro atoms. The van der Waals surface area contributed by atoms with E-state index >= 15 is 0 Å². The average Bonchev–Trinajstić information content (AvgIpc) is 3.20. The van der Waals surface area contributed by atoms with E-state index in [-0.39, 0.29) is 5.91 Å². The zero-order valence-electron chi connectivity index (χ0n) is 13.3. The Kier molecular flexibility index (Phi) is 3.24. The first-order valence-corrected chi connectivity index (χ1v) is 7.79. The molecule has 0 bridgehead atoms. The van der Waals surface area contributed by atoms with Crippen molar-refractivity contribution in [2.45, 2.75) is 6.92 Å². The molecule has 23 heavy (non-hydrogen) atoms. The van der Waals surface area contributed by atoms with Crippen molar-refractivity contribution < 1.29 is 4.79 Å². The van der Waals surface area contributed by atoms with Gasteiger partial charge in [0.2, 0.25) is 0 Å². The predicted octanol–water partition coefficient (Wildman–Crippen LogP) is 0.122. The third kappa shape index (κ3) is 2.54. The standard InChI is InChI=1S/C15H19N7O/c1-10-3-14(17-9-16-10)21-4-11-6-22(7-12(11)5-21)15(23)13-8-20(2)19-18-13/h3,8-9,11-12H,4-7H2,1-2H3. The molecule has 8 nitrogen and oxygen atoms in total. The van der Waals surface area contributed by atoms with Crippen LogP contribution in [0.3, 0.4) is 0 Å². The Balaban J connectivity index is 1.43. The number of amides is 1. The van der Waals surface area contributed by atoms with Gasteiger partial charge >= 0.3 is 0 Å². The van der Waals surface area contributed by atoms with Crippen LogP contribution in [-0.4, -0.2) is 61.9 Å². The third-order valence-electron chi connectivity index (χ3n) is 4.71. The first-order valence-electron chi connectivity index (χ1n) is 7.79. The maximum absolute atomic E-state index is 12.5. The van der Waals surface area contributed by atoms with Crippen molar-refractivity contribution in [1.29, 1.82) is 0 Å². The number of nitrogens with zero attached hydrogens (tertiary/aromatic N) is 7. The van der Waals surface area contributed by atoms with Crippen molar-refractivity contribution in [3.63, 3.8) is 0 Å². The highest BCUT2D eigenvalue weighted by atomic mass is 16.2. The second-order valence-electron chi connectivity index (χ2n) is 6.43. The fourth-order valence-electron chi connectivity index (χ4n) is 3.57. The highest BCUT2D eigenvalue weighted by Crippen LogP contribution is 2.33. The van der Waals surface area contributed by atoms with E-state index in [0.29, 0.717) is 17.5 Å². The van der Waals surface area contributed by atoms with Crippen LogP contribution in [0.2, 0.25) is 0 Å². The van der Waals surface area contributed by atoms with Crippen LogP contribution < -0.4 is 4.90 Å². The first-order chi connectivity index (χ1) is 11.1. The van der Waals surface area contributed by atoms with Crippen molar-refractivity contribution in [1.82, 2.24) is 29.9 Å². The summed E-state index contributed by atoms with van der Waals surface area (Å²) >= 11 is 0. The molecule has 2 aromatic heterocycles. The third-order valence-corrected chi connectivity index (χ3v) is 4.71. The molecule has 8 heteroatoms. The Labute approximate surface area is 134 Å². The number of rotatable bonds is 2. The van der Waals surface area contributed by atoms with Gasteiger partial charge in [0.25, 0.3) is 5.91 Å². The van der Waals surface area contributed by atoms with Crippen LogP contribution in [-0.2, 0) is 7.05 Å². The summed E-state index contributed by atoms with van der Waals surface area (Å²) < 4.78 is 1.56. The van der Waals surface area contributed by atoms with E-state index in [0.717, 1.165) is 37.7 Å². The van der Waals surface area contributed by atoms with Crippen LogP contribution in [0.1, 0.15) is 16.2 Å². The molecule has 2 aromatic rings. The molecule has 2 atom stereocenters. The van der Waals surface area contributed by atoms with E-state index in [4.69, 9.17) is 0 Å². The predicted molar refractivity (Wildman–Crippen MR) is 82.9 cm³/mol. The largest absolute Gasteiger partial charge is 0.356 e. The Morgan fingerprint density at radius 2 is 1.91 bits per heavy atom. The quantitative estimate of drug-likeness (QED) is 0.783. The summed E-state index contributed by atoms with van der Waals surface area (Å²) in [4.78, 5) is 25.2. The van der Waals surface area contributed by atoms with Gasteiger partial charge in [-0.15, -0.1) is 5.10 Å². The fraction of sp³-hybridized carbons (Fsp3) is 0.533. The van der Waals surface area contributed by atoms with Gasteiger partial charge in [0.15, 0.2) is 5.69 Å². The molecule has 2 aliphatic rings. The van der Waals surface area contributed by atoms with Crippen LogP contribution in [0.25, 0.3) is 0 Å². The molecular weight excluding hydrogens is 294 g/mol. The molecule has 2 unspecified atom stereocenters. The van der Waals surface area contributed by atoms with Gasteiger partial charge in [0, 0.05) is 56.8 Å². The van der Waals surface area contributed by atoms with Crippen LogP contribution in [0, 0.1) is 18.8 Å². The van der Waals surface area contributed by atoms with Crippen molar-refractivity contribution in [3.8, 4) is 0 Å². The normalized spacial score (nSPS) is 23.4. The minimum Gasteiger partial charge on any atom is -0.356 e. The lowest BCUT2D eigenvalue weighted by Gasteiger charge is -2.22. The Morgan fingerprint density at radius 3 is 2.52 bits per heavy atom. The van der Waals surface area contributed by atoms with E-state index in [1.807, 2.05) is 17.9 Å². The molecule has 2 aliphatic heterocycles. The van der Waals surface area contributed by atoms with Gasteiger partial charge in [0.05, 0.1) is 6.20 Å². The van der Waals surface area contributed by atoms with Gasteiger partial charge in [0.1, 0.15) is 12.1 Å². The molecule has 2 fully saturated rings. The van der Waals surface area contributed by atoms with Crippen LogP contribution in [0.15, 0.2) is 18.6 Å². The highest BCUT2D eigenvalue weighted by Gasteiger charge is 2.42. The van der Waals surface area contributed by atoms with Gasteiger partial charge < -0.3 is 9.80 Å². The van der Waals surface area contributed by atoms with Gasteiger partial charge in [-0.2, -0.15) is 0 Å². The number of anilines is 1.